The molecule has 0 radical (unpaired) electrons. The van der Waals surface area contributed by atoms with Gasteiger partial charge in [0, 0.05) is 19.6 Å². The topological polar surface area (TPSA) is 84.9 Å². The second kappa shape index (κ2) is 7.96. The minimum atomic E-state index is -0.575. The van der Waals surface area contributed by atoms with E-state index in [1.54, 1.807) is 20.8 Å². The van der Waals surface area contributed by atoms with Gasteiger partial charge in [-0.2, -0.15) is 0 Å². The minimum absolute atomic E-state index is 0.240. The Balaban J connectivity index is 1.85. The molecular formula is C17H28N2O5. The van der Waals surface area contributed by atoms with E-state index in [0.29, 0.717) is 25.9 Å². The van der Waals surface area contributed by atoms with Crippen molar-refractivity contribution in [3.63, 3.8) is 0 Å². The van der Waals surface area contributed by atoms with Crippen molar-refractivity contribution in [1.29, 1.82) is 0 Å². The van der Waals surface area contributed by atoms with E-state index in [-0.39, 0.29) is 12.5 Å². The number of nitrogens with zero attached hydrogens (tertiary/aromatic N) is 1. The van der Waals surface area contributed by atoms with Crippen LogP contribution in [0.5, 0.6) is 0 Å². The summed E-state index contributed by atoms with van der Waals surface area (Å²) in [4.78, 5) is 38.0. The van der Waals surface area contributed by atoms with Crippen LogP contribution in [-0.2, 0) is 19.1 Å². The van der Waals surface area contributed by atoms with Gasteiger partial charge < -0.3 is 19.7 Å². The van der Waals surface area contributed by atoms with Gasteiger partial charge in [-0.1, -0.05) is 0 Å². The van der Waals surface area contributed by atoms with Crippen LogP contribution in [-0.4, -0.2) is 54.7 Å². The zero-order chi connectivity index (χ0) is 17.7. The molecule has 7 heteroatoms. The van der Waals surface area contributed by atoms with E-state index >= 15 is 0 Å². The molecule has 0 aromatic heterocycles. The molecule has 2 heterocycles. The van der Waals surface area contributed by atoms with Gasteiger partial charge in [0.25, 0.3) is 0 Å². The van der Waals surface area contributed by atoms with Crippen LogP contribution in [0, 0.1) is 11.8 Å². The van der Waals surface area contributed by atoms with Crippen LogP contribution in [0.15, 0.2) is 0 Å². The van der Waals surface area contributed by atoms with Crippen molar-refractivity contribution in [3.8, 4) is 0 Å². The summed E-state index contributed by atoms with van der Waals surface area (Å²) in [5.41, 5.74) is -0.575. The molecule has 24 heavy (non-hydrogen) atoms. The Morgan fingerprint density at radius 2 is 1.71 bits per heavy atom. The first kappa shape index (κ1) is 18.7. The number of ether oxygens (including phenoxy) is 2. The minimum Gasteiger partial charge on any atom is -0.444 e. The number of hydrogen-bond donors (Lipinski definition) is 1. The molecule has 2 fully saturated rings. The lowest BCUT2D eigenvalue weighted by Crippen LogP contribution is -2.45. The molecular weight excluding hydrogens is 312 g/mol. The van der Waals surface area contributed by atoms with Crippen LogP contribution in [0.1, 0.15) is 46.5 Å². The Hall–Kier alpha value is -1.63. The first-order chi connectivity index (χ1) is 11.3. The highest BCUT2D eigenvalue weighted by Gasteiger charge is 2.34. The van der Waals surface area contributed by atoms with E-state index in [0.717, 1.165) is 19.4 Å². The molecule has 0 spiro atoms. The fourth-order valence-corrected chi connectivity index (χ4v) is 2.98. The average Bonchev–Trinajstić information content (AvgIpc) is 2.54. The zero-order valence-corrected chi connectivity index (χ0v) is 14.8. The molecule has 2 aliphatic rings. The van der Waals surface area contributed by atoms with Gasteiger partial charge in [-0.05, 0) is 53.0 Å². The Morgan fingerprint density at radius 1 is 1.04 bits per heavy atom. The standard InChI is InChI=1S/C17H28N2O5/c1-17(2,3)24-16(22)19-9-5-7-13(11-19)15(21)23-14(20)12-6-4-8-18-10-12/h12-13,18H,4-11H2,1-3H3. The summed E-state index contributed by atoms with van der Waals surface area (Å²) in [5, 5.41) is 3.13. The highest BCUT2D eigenvalue weighted by atomic mass is 16.6. The Morgan fingerprint density at radius 3 is 2.33 bits per heavy atom. The number of carbonyl (C=O) groups excluding carboxylic acids is 3. The maximum atomic E-state index is 12.3. The molecule has 0 aliphatic carbocycles. The van der Waals surface area contributed by atoms with Crippen LogP contribution >= 0.6 is 0 Å². The van der Waals surface area contributed by atoms with Gasteiger partial charge in [0.05, 0.1) is 11.8 Å². The predicted molar refractivity (Wildman–Crippen MR) is 87.2 cm³/mol. The maximum absolute atomic E-state index is 12.3. The largest absolute Gasteiger partial charge is 0.444 e. The molecule has 1 N–H and O–H groups in total. The first-order valence-electron chi connectivity index (χ1n) is 8.70. The van der Waals surface area contributed by atoms with Gasteiger partial charge in [-0.15, -0.1) is 0 Å². The van der Waals surface area contributed by atoms with Crippen molar-refractivity contribution in [2.45, 2.75) is 52.1 Å². The fourth-order valence-electron chi connectivity index (χ4n) is 2.98. The fraction of sp³-hybridized carbons (Fsp3) is 0.824. The van der Waals surface area contributed by atoms with E-state index in [4.69, 9.17) is 9.47 Å². The number of likely N-dealkylation sites (tertiary alicyclic amines) is 1. The molecule has 0 aromatic rings. The number of hydrogen-bond acceptors (Lipinski definition) is 6. The van der Waals surface area contributed by atoms with Crippen molar-refractivity contribution in [1.82, 2.24) is 10.2 Å². The summed E-state index contributed by atoms with van der Waals surface area (Å²) in [5.74, 6) is -1.71. The molecule has 0 saturated carbocycles. The van der Waals surface area contributed by atoms with Gasteiger partial charge in [-0.3, -0.25) is 9.59 Å². The van der Waals surface area contributed by atoms with Gasteiger partial charge in [0.2, 0.25) is 0 Å². The number of piperidine rings is 2. The SMILES string of the molecule is CC(C)(C)OC(=O)N1CCCC(C(=O)OC(=O)C2CCCNC2)C1. The molecule has 0 aromatic carbocycles. The molecule has 2 saturated heterocycles. The number of esters is 2. The summed E-state index contributed by atoms with van der Waals surface area (Å²) in [6.45, 7) is 7.65. The van der Waals surface area contributed by atoms with E-state index in [1.165, 1.54) is 4.90 Å². The monoisotopic (exact) mass is 340 g/mol. The van der Waals surface area contributed by atoms with E-state index in [1.807, 2.05) is 0 Å². The molecule has 0 bridgehead atoms. The van der Waals surface area contributed by atoms with E-state index in [2.05, 4.69) is 5.32 Å². The molecule has 136 valence electrons. The normalized spacial score (nSPS) is 25.0. The predicted octanol–water partition coefficient (Wildman–Crippen LogP) is 1.70. The van der Waals surface area contributed by atoms with Crippen molar-refractivity contribution in [2.75, 3.05) is 26.2 Å². The highest BCUT2D eigenvalue weighted by molar-refractivity contribution is 5.88. The van der Waals surface area contributed by atoms with Crippen molar-refractivity contribution in [3.05, 3.63) is 0 Å². The van der Waals surface area contributed by atoms with Gasteiger partial charge in [-0.25, -0.2) is 4.79 Å². The highest BCUT2D eigenvalue weighted by Crippen LogP contribution is 2.21. The molecule has 1 amide bonds. The average molecular weight is 340 g/mol. The lowest BCUT2D eigenvalue weighted by molar-refractivity contribution is -0.166. The summed E-state index contributed by atoms with van der Waals surface area (Å²) in [6.07, 6.45) is 2.53. The summed E-state index contributed by atoms with van der Waals surface area (Å²) < 4.78 is 10.4. The summed E-state index contributed by atoms with van der Waals surface area (Å²) >= 11 is 0. The number of carbonyl (C=O) groups is 3. The van der Waals surface area contributed by atoms with Gasteiger partial charge in [0.1, 0.15) is 5.60 Å². The van der Waals surface area contributed by atoms with Crippen molar-refractivity contribution in [2.24, 2.45) is 11.8 Å². The number of amides is 1. The zero-order valence-electron chi connectivity index (χ0n) is 14.8. The molecule has 2 aliphatic heterocycles. The third kappa shape index (κ3) is 5.47. The van der Waals surface area contributed by atoms with Crippen LogP contribution in [0.4, 0.5) is 4.79 Å². The third-order valence-corrected chi connectivity index (χ3v) is 4.24. The number of rotatable bonds is 2. The van der Waals surface area contributed by atoms with Gasteiger partial charge >= 0.3 is 18.0 Å². The van der Waals surface area contributed by atoms with E-state index in [9.17, 15) is 14.4 Å². The summed E-state index contributed by atoms with van der Waals surface area (Å²) in [7, 11) is 0. The van der Waals surface area contributed by atoms with E-state index < -0.39 is 29.6 Å². The third-order valence-electron chi connectivity index (χ3n) is 4.24. The Kier molecular flexibility index (Phi) is 6.21. The van der Waals surface area contributed by atoms with Crippen molar-refractivity contribution >= 4 is 18.0 Å². The lowest BCUT2D eigenvalue weighted by Gasteiger charge is -2.33. The second-order valence-electron chi connectivity index (χ2n) is 7.55. The van der Waals surface area contributed by atoms with Crippen LogP contribution in [0.25, 0.3) is 0 Å². The summed E-state index contributed by atoms with van der Waals surface area (Å²) in [6, 6.07) is 0. The smallest absolute Gasteiger partial charge is 0.410 e. The van der Waals surface area contributed by atoms with Crippen molar-refractivity contribution < 1.29 is 23.9 Å². The van der Waals surface area contributed by atoms with Crippen LogP contribution in [0.2, 0.25) is 0 Å². The number of nitrogens with one attached hydrogen (secondary N) is 1. The lowest BCUT2D eigenvalue weighted by atomic mass is 9.97. The van der Waals surface area contributed by atoms with Crippen LogP contribution < -0.4 is 5.32 Å². The van der Waals surface area contributed by atoms with Gasteiger partial charge in [0.15, 0.2) is 0 Å². The Bertz CT molecular complexity index is 480. The maximum Gasteiger partial charge on any atom is 0.410 e. The molecule has 7 nitrogen and oxygen atoms in total. The molecule has 2 unspecified atom stereocenters. The second-order valence-corrected chi connectivity index (χ2v) is 7.55. The van der Waals surface area contributed by atoms with Crippen LogP contribution in [0.3, 0.4) is 0 Å². The molecule has 2 rings (SSSR count). The quantitative estimate of drug-likeness (QED) is 0.608. The molecule has 2 atom stereocenters. The first-order valence-corrected chi connectivity index (χ1v) is 8.70. The Labute approximate surface area is 143 Å².